The third kappa shape index (κ3) is 18.1. The molecule has 0 radical (unpaired) electrons. The molecule has 0 unspecified atom stereocenters. The van der Waals surface area contributed by atoms with Crippen LogP contribution in [-0.2, 0) is 4.74 Å². The van der Waals surface area contributed by atoms with Gasteiger partial charge in [0.25, 0.3) is 0 Å². The van der Waals surface area contributed by atoms with Crippen LogP contribution in [0.1, 0.15) is 12.8 Å². The molecular weight excluding hydrogens is 120 g/mol. The van der Waals surface area contributed by atoms with E-state index in [2.05, 4.69) is 4.74 Å². The van der Waals surface area contributed by atoms with Crippen LogP contribution in [0.4, 0.5) is 0 Å². The number of epoxide rings is 1. The van der Waals surface area contributed by atoms with Crippen LogP contribution in [0.3, 0.4) is 0 Å². The number of hydrogen-bond acceptors (Lipinski definition) is 3. The lowest BCUT2D eigenvalue weighted by Gasteiger charge is -1.85. The average Bonchev–Trinajstić information content (AvgIpc) is 2.67. The molecule has 0 amide bonds. The molecule has 2 N–H and O–H groups in total. The van der Waals surface area contributed by atoms with Gasteiger partial charge in [-0.3, -0.25) is 0 Å². The summed E-state index contributed by atoms with van der Waals surface area (Å²) in [5.41, 5.74) is 0. The van der Waals surface area contributed by atoms with Gasteiger partial charge in [-0.2, -0.15) is 0 Å². The second-order valence-electron chi connectivity index (χ2n) is 1.77. The second-order valence-corrected chi connectivity index (χ2v) is 1.77. The fourth-order valence-electron chi connectivity index (χ4n) is 0.224. The highest BCUT2D eigenvalue weighted by Gasteiger charge is 1.94. The summed E-state index contributed by atoms with van der Waals surface area (Å²) in [5, 5.41) is 16.2. The van der Waals surface area contributed by atoms with Gasteiger partial charge in [-0.15, -0.1) is 0 Å². The quantitative estimate of drug-likeness (QED) is 0.414. The van der Waals surface area contributed by atoms with Gasteiger partial charge >= 0.3 is 0 Å². The molecule has 0 aromatic heterocycles. The van der Waals surface area contributed by atoms with Crippen LogP contribution in [0, 0.1) is 0 Å². The highest BCUT2D eigenvalue weighted by molar-refractivity contribution is 4.36. The molecule has 0 aromatic carbocycles. The minimum absolute atomic E-state index is 0.195. The molecule has 56 valence electrons. The Morgan fingerprint density at radius 1 is 1.00 bits per heavy atom. The van der Waals surface area contributed by atoms with Crippen molar-refractivity contribution in [3.05, 3.63) is 0 Å². The van der Waals surface area contributed by atoms with Crippen molar-refractivity contribution >= 4 is 0 Å². The monoisotopic (exact) mass is 134 g/mol. The van der Waals surface area contributed by atoms with Gasteiger partial charge in [-0.25, -0.2) is 0 Å². The molecule has 9 heavy (non-hydrogen) atoms. The molecule has 1 aliphatic heterocycles. The third-order valence-electron chi connectivity index (χ3n) is 0.770. The highest BCUT2D eigenvalue weighted by Crippen LogP contribution is 1.84. The van der Waals surface area contributed by atoms with Gasteiger partial charge in [0.2, 0.25) is 0 Å². The van der Waals surface area contributed by atoms with Crippen molar-refractivity contribution < 1.29 is 14.9 Å². The van der Waals surface area contributed by atoms with E-state index < -0.39 is 0 Å². The molecule has 0 saturated carbocycles. The van der Waals surface area contributed by atoms with Crippen molar-refractivity contribution in [2.75, 3.05) is 26.4 Å². The summed E-state index contributed by atoms with van der Waals surface area (Å²) in [6.07, 6.45) is 1.44. The van der Waals surface area contributed by atoms with Gasteiger partial charge in [0.15, 0.2) is 0 Å². The van der Waals surface area contributed by atoms with Gasteiger partial charge in [-0.05, 0) is 12.8 Å². The molecule has 3 heteroatoms. The summed E-state index contributed by atoms with van der Waals surface area (Å²) in [7, 11) is 0. The molecule has 0 atom stereocenters. The van der Waals surface area contributed by atoms with Crippen LogP contribution in [0.2, 0.25) is 0 Å². The summed E-state index contributed by atoms with van der Waals surface area (Å²) in [5.74, 6) is 0. The molecule has 0 aromatic rings. The smallest absolute Gasteiger partial charge is 0.0701 e. The largest absolute Gasteiger partial charge is 0.396 e. The lowest BCUT2D eigenvalue weighted by atomic mass is 10.3. The minimum atomic E-state index is 0.195. The number of rotatable bonds is 3. The lowest BCUT2D eigenvalue weighted by molar-refractivity contribution is 0.242. The van der Waals surface area contributed by atoms with E-state index >= 15 is 0 Å². The van der Waals surface area contributed by atoms with Crippen molar-refractivity contribution in [3.63, 3.8) is 0 Å². The van der Waals surface area contributed by atoms with E-state index in [9.17, 15) is 0 Å². The fourth-order valence-corrected chi connectivity index (χ4v) is 0.224. The SMILES string of the molecule is C1CO1.OCCCCO. The summed E-state index contributed by atoms with van der Waals surface area (Å²) in [4.78, 5) is 0. The normalized spacial score (nSPS) is 14.0. The van der Waals surface area contributed by atoms with E-state index in [1.165, 1.54) is 0 Å². The first kappa shape index (κ1) is 8.88. The Bertz CT molecular complexity index is 38.8. The first-order chi connectivity index (χ1) is 4.41. The van der Waals surface area contributed by atoms with E-state index in [-0.39, 0.29) is 13.2 Å². The number of ether oxygens (including phenoxy) is 1. The Morgan fingerprint density at radius 2 is 1.33 bits per heavy atom. The van der Waals surface area contributed by atoms with Crippen LogP contribution in [0.15, 0.2) is 0 Å². The molecule has 1 heterocycles. The summed E-state index contributed by atoms with van der Waals surface area (Å²) < 4.78 is 4.50. The molecule has 0 aliphatic carbocycles. The molecule has 1 rings (SSSR count). The van der Waals surface area contributed by atoms with Gasteiger partial charge < -0.3 is 14.9 Å². The summed E-state index contributed by atoms with van der Waals surface area (Å²) in [6.45, 7) is 2.39. The van der Waals surface area contributed by atoms with Crippen LogP contribution in [0.25, 0.3) is 0 Å². The standard InChI is InChI=1S/C4H10O2.C2H4O/c5-3-1-2-4-6;1-2-3-1/h5-6H,1-4H2;1-2H2. The number of aliphatic hydroxyl groups excluding tert-OH is 2. The predicted molar refractivity (Wildman–Crippen MR) is 34.2 cm³/mol. The molecule has 1 aliphatic rings. The highest BCUT2D eigenvalue weighted by atomic mass is 16.6. The van der Waals surface area contributed by atoms with Crippen LogP contribution >= 0.6 is 0 Å². The van der Waals surface area contributed by atoms with E-state index in [0.717, 1.165) is 26.1 Å². The fraction of sp³-hybridized carbons (Fsp3) is 1.00. The maximum Gasteiger partial charge on any atom is 0.0701 e. The summed E-state index contributed by atoms with van der Waals surface area (Å²) >= 11 is 0. The minimum Gasteiger partial charge on any atom is -0.396 e. The number of aliphatic hydroxyl groups is 2. The van der Waals surface area contributed by atoms with Crippen LogP contribution < -0.4 is 0 Å². The maximum atomic E-state index is 8.09. The van der Waals surface area contributed by atoms with Gasteiger partial charge in [0.1, 0.15) is 0 Å². The summed E-state index contributed by atoms with van der Waals surface area (Å²) in [6, 6.07) is 0. The zero-order chi connectivity index (χ0) is 6.95. The van der Waals surface area contributed by atoms with E-state index in [1.54, 1.807) is 0 Å². The zero-order valence-corrected chi connectivity index (χ0v) is 5.55. The van der Waals surface area contributed by atoms with Crippen LogP contribution in [0.5, 0.6) is 0 Å². The van der Waals surface area contributed by atoms with Gasteiger partial charge in [0, 0.05) is 13.2 Å². The Labute approximate surface area is 55.3 Å². The van der Waals surface area contributed by atoms with Crippen molar-refractivity contribution in [2.45, 2.75) is 12.8 Å². The Hall–Kier alpha value is -0.120. The zero-order valence-electron chi connectivity index (χ0n) is 5.55. The number of hydrogen-bond donors (Lipinski definition) is 2. The van der Waals surface area contributed by atoms with Crippen LogP contribution in [-0.4, -0.2) is 36.6 Å². The molecule has 0 spiro atoms. The van der Waals surface area contributed by atoms with Crippen molar-refractivity contribution in [3.8, 4) is 0 Å². The predicted octanol–water partition coefficient (Wildman–Crippen LogP) is -0.232. The topological polar surface area (TPSA) is 53.0 Å². The molecule has 1 saturated heterocycles. The van der Waals surface area contributed by atoms with Gasteiger partial charge in [0.05, 0.1) is 13.2 Å². The average molecular weight is 134 g/mol. The molecule has 0 bridgehead atoms. The van der Waals surface area contributed by atoms with Crippen molar-refractivity contribution in [2.24, 2.45) is 0 Å². The Morgan fingerprint density at radius 3 is 1.44 bits per heavy atom. The third-order valence-corrected chi connectivity index (χ3v) is 0.770. The molecule has 3 nitrogen and oxygen atoms in total. The first-order valence-electron chi connectivity index (χ1n) is 3.21. The maximum absolute atomic E-state index is 8.09. The lowest BCUT2D eigenvalue weighted by Crippen LogP contribution is -1.85. The number of unbranched alkanes of at least 4 members (excludes halogenated alkanes) is 1. The first-order valence-corrected chi connectivity index (χ1v) is 3.21. The van der Waals surface area contributed by atoms with E-state index in [4.69, 9.17) is 10.2 Å². The van der Waals surface area contributed by atoms with Gasteiger partial charge in [-0.1, -0.05) is 0 Å². The Balaban J connectivity index is 0.000000173. The van der Waals surface area contributed by atoms with Crippen molar-refractivity contribution in [1.29, 1.82) is 0 Å². The Kier molecular flexibility index (Phi) is 7.77. The molecular formula is C6H14O3. The molecule has 1 fully saturated rings. The van der Waals surface area contributed by atoms with E-state index in [1.807, 2.05) is 0 Å². The second kappa shape index (κ2) is 7.88. The van der Waals surface area contributed by atoms with Crippen molar-refractivity contribution in [1.82, 2.24) is 0 Å². The van der Waals surface area contributed by atoms with E-state index in [0.29, 0.717) is 0 Å².